The van der Waals surface area contributed by atoms with E-state index in [2.05, 4.69) is 32.2 Å². The lowest BCUT2D eigenvalue weighted by Gasteiger charge is -2.23. The van der Waals surface area contributed by atoms with E-state index >= 15 is 0 Å². The zero-order valence-electron chi connectivity index (χ0n) is 18.8. The molecule has 0 spiro atoms. The first-order valence-electron chi connectivity index (χ1n) is 10.7. The highest BCUT2D eigenvalue weighted by molar-refractivity contribution is 9.10. The number of rotatable bonds is 7. The van der Waals surface area contributed by atoms with Crippen LogP contribution in [0.1, 0.15) is 38.4 Å². The molecule has 0 aliphatic carbocycles. The highest BCUT2D eigenvalue weighted by Gasteiger charge is 2.21. The molecule has 0 aliphatic heterocycles. The molecule has 0 atom stereocenters. The fourth-order valence-corrected chi connectivity index (χ4v) is 3.85. The Morgan fingerprint density at radius 1 is 1.09 bits per heavy atom. The molecular weight excluding hydrogens is 516 g/mol. The second kappa shape index (κ2) is 10.6. The van der Waals surface area contributed by atoms with Crippen molar-refractivity contribution in [1.82, 2.24) is 19.7 Å². The van der Waals surface area contributed by atoms with Gasteiger partial charge >= 0.3 is 0 Å². The van der Waals surface area contributed by atoms with E-state index in [1.165, 1.54) is 11.0 Å². The lowest BCUT2D eigenvalue weighted by Crippen LogP contribution is -2.32. The largest absolute Gasteiger partial charge is 0.327 e. The molecule has 9 heteroatoms. The van der Waals surface area contributed by atoms with Gasteiger partial charge in [0.2, 0.25) is 0 Å². The van der Waals surface area contributed by atoms with E-state index in [0.29, 0.717) is 23.5 Å². The summed E-state index contributed by atoms with van der Waals surface area (Å²) in [5.74, 6) is -1.24. The van der Waals surface area contributed by atoms with Crippen molar-refractivity contribution < 1.29 is 13.6 Å². The number of carbonyl (C=O) groups is 1. The molecule has 6 nitrogen and oxygen atoms in total. The number of aromatic nitrogens is 3. The van der Waals surface area contributed by atoms with E-state index in [1.807, 2.05) is 19.1 Å². The molecule has 0 aliphatic rings. The summed E-state index contributed by atoms with van der Waals surface area (Å²) in [4.78, 5) is 14.9. The number of amides is 1. The van der Waals surface area contributed by atoms with Crippen molar-refractivity contribution in [2.45, 2.75) is 26.6 Å². The van der Waals surface area contributed by atoms with Crippen LogP contribution in [0, 0.1) is 29.9 Å². The number of carbonyl (C=O) groups excluding carboxylic acids is 1. The summed E-state index contributed by atoms with van der Waals surface area (Å²) in [5, 5.41) is 17.2. The Balaban J connectivity index is 1.63. The third-order valence-electron chi connectivity index (χ3n) is 5.53. The summed E-state index contributed by atoms with van der Waals surface area (Å²) in [5.41, 5.74) is 2.99. The van der Waals surface area contributed by atoms with Gasteiger partial charge in [0.05, 0.1) is 24.7 Å². The molecule has 4 rings (SSSR count). The molecule has 176 valence electrons. The molecule has 0 saturated heterocycles. The lowest BCUT2D eigenvalue weighted by molar-refractivity contribution is 0.0721. The van der Waals surface area contributed by atoms with Gasteiger partial charge in [-0.3, -0.25) is 4.79 Å². The van der Waals surface area contributed by atoms with Crippen molar-refractivity contribution in [2.24, 2.45) is 0 Å². The summed E-state index contributed by atoms with van der Waals surface area (Å²) in [6.07, 6.45) is 1.55. The predicted octanol–water partition coefficient (Wildman–Crippen LogP) is 5.39. The Bertz CT molecular complexity index is 1410. The van der Waals surface area contributed by atoms with Crippen LogP contribution in [0.4, 0.5) is 8.78 Å². The number of nitrogens with zero attached hydrogens (tertiary/aromatic N) is 5. The van der Waals surface area contributed by atoms with Gasteiger partial charge in [0.15, 0.2) is 5.82 Å². The van der Waals surface area contributed by atoms with Gasteiger partial charge in [-0.25, -0.2) is 8.78 Å². The number of hydrogen-bond acceptors (Lipinski definition) is 4. The topological polar surface area (TPSA) is 74.8 Å². The van der Waals surface area contributed by atoms with Crippen molar-refractivity contribution in [3.05, 3.63) is 117 Å². The molecule has 0 saturated carbocycles. The van der Waals surface area contributed by atoms with Gasteiger partial charge in [-0.2, -0.15) is 5.26 Å². The quantitative estimate of drug-likeness (QED) is 0.318. The lowest BCUT2D eigenvalue weighted by atomic mass is 10.1. The Kier molecular flexibility index (Phi) is 7.32. The monoisotopic (exact) mass is 535 g/mol. The molecule has 1 amide bonds. The number of nitriles is 1. The molecule has 0 bridgehead atoms. The number of halogens is 3. The molecule has 0 N–H and O–H groups in total. The average molecular weight is 536 g/mol. The van der Waals surface area contributed by atoms with Crippen molar-refractivity contribution in [2.75, 3.05) is 0 Å². The first kappa shape index (κ1) is 24.2. The minimum absolute atomic E-state index is 0.0566. The highest BCUT2D eigenvalue weighted by atomic mass is 79.9. The standard InChI is InChI=1S/C26H20BrF2N5O/c1-17-10-20(7-9-23(17)27)26(35)33(14-21-6-8-22(28)11-24(21)29)15-25-32-31-16-34(25)13-19-4-2-18(12-30)3-5-19/h2-11,16H,13-15H2,1H3. The maximum absolute atomic E-state index is 14.5. The predicted molar refractivity (Wildman–Crippen MR) is 129 cm³/mol. The molecule has 1 aromatic heterocycles. The van der Waals surface area contributed by atoms with Gasteiger partial charge in [-0.15, -0.1) is 10.2 Å². The van der Waals surface area contributed by atoms with Crippen molar-refractivity contribution >= 4 is 21.8 Å². The number of hydrogen-bond donors (Lipinski definition) is 0. The fraction of sp³-hybridized carbons (Fsp3) is 0.154. The summed E-state index contributed by atoms with van der Waals surface area (Å²) in [6, 6.07) is 17.7. The maximum Gasteiger partial charge on any atom is 0.254 e. The van der Waals surface area contributed by atoms with Crippen LogP contribution in [0.15, 0.2) is 71.5 Å². The number of aryl methyl sites for hydroxylation is 1. The van der Waals surface area contributed by atoms with Crippen LogP contribution >= 0.6 is 15.9 Å². The molecule has 1 heterocycles. The Morgan fingerprint density at radius 2 is 1.86 bits per heavy atom. The van der Waals surface area contributed by atoms with E-state index in [9.17, 15) is 13.6 Å². The Hall–Kier alpha value is -3.90. The minimum Gasteiger partial charge on any atom is -0.327 e. The zero-order valence-corrected chi connectivity index (χ0v) is 20.3. The Labute approximate surface area is 209 Å². The van der Waals surface area contributed by atoms with Crippen molar-refractivity contribution in [1.29, 1.82) is 5.26 Å². The second-order valence-corrected chi connectivity index (χ2v) is 8.90. The summed E-state index contributed by atoms with van der Waals surface area (Å²) >= 11 is 3.43. The zero-order chi connectivity index (χ0) is 24.9. The van der Waals surface area contributed by atoms with Gasteiger partial charge in [0.1, 0.15) is 18.0 Å². The Morgan fingerprint density at radius 3 is 2.54 bits per heavy atom. The molecule has 4 aromatic rings. The van der Waals surface area contributed by atoms with Crippen LogP contribution in [0.25, 0.3) is 0 Å². The maximum atomic E-state index is 14.5. The van der Waals surface area contributed by atoms with Crippen LogP contribution in [0.3, 0.4) is 0 Å². The smallest absolute Gasteiger partial charge is 0.254 e. The molecule has 0 radical (unpaired) electrons. The first-order chi connectivity index (χ1) is 16.8. The van der Waals surface area contributed by atoms with Gasteiger partial charge in [0.25, 0.3) is 5.91 Å². The van der Waals surface area contributed by atoms with E-state index in [0.717, 1.165) is 27.7 Å². The molecular formula is C26H20BrF2N5O. The SMILES string of the molecule is Cc1cc(C(=O)N(Cc2ccc(F)cc2F)Cc2nncn2Cc2ccc(C#N)cc2)ccc1Br. The van der Waals surface area contributed by atoms with Gasteiger partial charge in [-0.05, 0) is 54.4 Å². The van der Waals surface area contributed by atoms with Crippen molar-refractivity contribution in [3.63, 3.8) is 0 Å². The first-order valence-corrected chi connectivity index (χ1v) is 11.5. The fourth-order valence-electron chi connectivity index (χ4n) is 3.60. The van der Waals surface area contributed by atoms with E-state index in [4.69, 9.17) is 5.26 Å². The summed E-state index contributed by atoms with van der Waals surface area (Å²) in [7, 11) is 0. The average Bonchev–Trinajstić information content (AvgIpc) is 3.28. The van der Waals surface area contributed by atoms with Crippen LogP contribution in [-0.2, 0) is 19.6 Å². The molecule has 0 unspecified atom stereocenters. The third kappa shape index (κ3) is 5.78. The van der Waals surface area contributed by atoms with Crippen LogP contribution in [0.2, 0.25) is 0 Å². The van der Waals surface area contributed by atoms with Crippen molar-refractivity contribution in [3.8, 4) is 6.07 Å². The van der Waals surface area contributed by atoms with Gasteiger partial charge in [0, 0.05) is 28.2 Å². The molecule has 3 aromatic carbocycles. The van der Waals surface area contributed by atoms with Gasteiger partial charge in [-0.1, -0.05) is 34.1 Å². The normalized spacial score (nSPS) is 10.7. The number of benzene rings is 3. The molecule has 0 fully saturated rings. The van der Waals surface area contributed by atoms with E-state index in [-0.39, 0.29) is 24.6 Å². The van der Waals surface area contributed by atoms with E-state index < -0.39 is 11.6 Å². The highest BCUT2D eigenvalue weighted by Crippen LogP contribution is 2.21. The van der Waals surface area contributed by atoms with Crippen LogP contribution < -0.4 is 0 Å². The third-order valence-corrected chi connectivity index (χ3v) is 6.42. The van der Waals surface area contributed by atoms with Crippen LogP contribution in [0.5, 0.6) is 0 Å². The van der Waals surface area contributed by atoms with E-state index in [1.54, 1.807) is 41.2 Å². The second-order valence-electron chi connectivity index (χ2n) is 8.04. The summed E-state index contributed by atoms with van der Waals surface area (Å²) in [6.45, 7) is 2.28. The molecule has 35 heavy (non-hydrogen) atoms. The van der Waals surface area contributed by atoms with Crippen LogP contribution in [-0.4, -0.2) is 25.6 Å². The van der Waals surface area contributed by atoms with Gasteiger partial charge < -0.3 is 9.47 Å². The minimum atomic E-state index is -0.728. The summed E-state index contributed by atoms with van der Waals surface area (Å²) < 4.78 is 30.6.